The van der Waals surface area contributed by atoms with E-state index < -0.39 is 6.03 Å². The minimum atomic E-state index is -0.483. The van der Waals surface area contributed by atoms with Crippen molar-refractivity contribution in [2.75, 3.05) is 6.54 Å². The molecule has 3 amide bonds. The van der Waals surface area contributed by atoms with Crippen LogP contribution < -0.4 is 16.8 Å². The average Bonchev–Trinajstić information content (AvgIpc) is 2.01. The van der Waals surface area contributed by atoms with Crippen LogP contribution in [0.15, 0.2) is 0 Å². The summed E-state index contributed by atoms with van der Waals surface area (Å²) in [5, 5.41) is 2.37. The molecule has 0 unspecified atom stereocenters. The number of rotatable bonds is 4. The lowest BCUT2D eigenvalue weighted by atomic mass is 10.3. The van der Waals surface area contributed by atoms with Crippen molar-refractivity contribution < 1.29 is 9.59 Å². The Bertz CT molecular complexity index is 148. The first-order valence-electron chi connectivity index (χ1n) is 3.94. The molecule has 0 spiro atoms. The molecule has 0 rings (SSSR count). The van der Waals surface area contributed by atoms with E-state index in [-0.39, 0.29) is 5.91 Å². The largest absolute Gasteiger partial charge is 0.370 e. The van der Waals surface area contributed by atoms with Crippen LogP contribution in [0.25, 0.3) is 0 Å². The molecule has 0 aliphatic carbocycles. The van der Waals surface area contributed by atoms with Crippen LogP contribution >= 0.6 is 0 Å². The predicted octanol–water partition coefficient (Wildman–Crippen LogP) is -0.0351. The standard InChI is InChI=1S/C4H9N2O.C4H8NO/c1-2-3-6-4(5)7;1-2-3-4(5)6/h1-3H2,(H3,5,6,7);1-3H2,(H2,5,6). The fraction of sp³-hybridized carbons (Fsp3) is 0.500. The lowest BCUT2D eigenvalue weighted by molar-refractivity contribution is -0.117. The zero-order valence-electron chi connectivity index (χ0n) is 7.71. The summed E-state index contributed by atoms with van der Waals surface area (Å²) < 4.78 is 0. The monoisotopic (exact) mass is 187 g/mol. The molecule has 0 saturated carbocycles. The first-order chi connectivity index (χ1) is 6.04. The van der Waals surface area contributed by atoms with Gasteiger partial charge in [0.1, 0.15) is 0 Å². The Morgan fingerprint density at radius 2 is 1.69 bits per heavy atom. The zero-order chi connectivity index (χ0) is 10.7. The lowest BCUT2D eigenvalue weighted by Gasteiger charge is -1.93. The summed E-state index contributed by atoms with van der Waals surface area (Å²) in [7, 11) is 0. The van der Waals surface area contributed by atoms with Gasteiger partial charge in [-0.15, -0.1) is 0 Å². The first-order valence-corrected chi connectivity index (χ1v) is 3.94. The SMILES string of the molecule is [CH2]CCC(N)=O.[CH2]CCNC(N)=O. The van der Waals surface area contributed by atoms with Crippen LogP contribution in [0, 0.1) is 13.8 Å². The maximum atomic E-state index is 9.84. The molecule has 0 bridgehead atoms. The Balaban J connectivity index is 0. The molecule has 0 aliphatic rings. The highest BCUT2D eigenvalue weighted by Gasteiger charge is 1.84. The summed E-state index contributed by atoms with van der Waals surface area (Å²) in [6, 6.07) is -0.483. The number of amides is 3. The molecule has 2 radical (unpaired) electrons. The number of nitrogens with two attached hydrogens (primary N) is 2. The van der Waals surface area contributed by atoms with Gasteiger partial charge in [-0.25, -0.2) is 4.79 Å². The van der Waals surface area contributed by atoms with Crippen LogP contribution in [0.5, 0.6) is 0 Å². The van der Waals surface area contributed by atoms with E-state index in [1.807, 2.05) is 0 Å². The number of primary amides is 2. The van der Waals surface area contributed by atoms with Crippen molar-refractivity contribution in [3.05, 3.63) is 13.8 Å². The molecule has 5 heteroatoms. The third-order valence-corrected chi connectivity index (χ3v) is 0.899. The van der Waals surface area contributed by atoms with E-state index in [4.69, 9.17) is 11.5 Å². The lowest BCUT2D eigenvalue weighted by Crippen LogP contribution is -2.29. The molecular formula is C8H17N3O2. The number of carbonyl (C=O) groups excluding carboxylic acids is 2. The molecule has 5 N–H and O–H groups in total. The van der Waals surface area contributed by atoms with Crippen molar-refractivity contribution in [2.45, 2.75) is 19.3 Å². The van der Waals surface area contributed by atoms with E-state index in [2.05, 4.69) is 19.2 Å². The van der Waals surface area contributed by atoms with E-state index in [9.17, 15) is 9.59 Å². The van der Waals surface area contributed by atoms with E-state index in [0.29, 0.717) is 25.8 Å². The molecule has 5 nitrogen and oxygen atoms in total. The minimum absolute atomic E-state index is 0.273. The molecule has 0 fully saturated rings. The van der Waals surface area contributed by atoms with Crippen molar-refractivity contribution in [1.82, 2.24) is 5.32 Å². The summed E-state index contributed by atoms with van der Waals surface area (Å²) in [4.78, 5) is 19.6. The highest BCUT2D eigenvalue weighted by molar-refractivity contribution is 5.73. The number of hydrogen-bond donors (Lipinski definition) is 3. The van der Waals surface area contributed by atoms with Gasteiger partial charge < -0.3 is 16.8 Å². The van der Waals surface area contributed by atoms with Crippen LogP contribution in [0.2, 0.25) is 0 Å². The molecule has 13 heavy (non-hydrogen) atoms. The summed E-state index contributed by atoms with van der Waals surface area (Å²) in [5.41, 5.74) is 9.42. The summed E-state index contributed by atoms with van der Waals surface area (Å²) in [6.07, 6.45) is 1.69. The smallest absolute Gasteiger partial charge is 0.312 e. The maximum Gasteiger partial charge on any atom is 0.312 e. The third-order valence-electron chi connectivity index (χ3n) is 0.899. The second kappa shape index (κ2) is 10.7. The molecular weight excluding hydrogens is 170 g/mol. The fourth-order valence-electron chi connectivity index (χ4n) is 0.386. The number of nitrogens with one attached hydrogen (secondary N) is 1. The van der Waals surface area contributed by atoms with Gasteiger partial charge in [0.25, 0.3) is 0 Å². The molecule has 0 aliphatic heterocycles. The average molecular weight is 187 g/mol. The van der Waals surface area contributed by atoms with Crippen LogP contribution in [-0.4, -0.2) is 18.5 Å². The topological polar surface area (TPSA) is 98.2 Å². The molecule has 0 saturated heterocycles. The van der Waals surface area contributed by atoms with Crippen LogP contribution in [0.1, 0.15) is 19.3 Å². The molecule has 76 valence electrons. The Kier molecular flexibility index (Phi) is 11.8. The molecule has 0 aromatic carbocycles. The second-order valence-corrected chi connectivity index (χ2v) is 2.21. The van der Waals surface area contributed by atoms with Gasteiger partial charge in [0.05, 0.1) is 0 Å². The molecule has 0 aromatic heterocycles. The second-order valence-electron chi connectivity index (χ2n) is 2.21. The first kappa shape index (κ1) is 14.3. The fourth-order valence-corrected chi connectivity index (χ4v) is 0.386. The van der Waals surface area contributed by atoms with Gasteiger partial charge in [-0.3, -0.25) is 4.79 Å². The molecule has 0 heterocycles. The number of urea groups is 1. The van der Waals surface area contributed by atoms with Gasteiger partial charge in [-0.2, -0.15) is 0 Å². The Morgan fingerprint density at radius 1 is 1.15 bits per heavy atom. The number of carbonyl (C=O) groups is 2. The van der Waals surface area contributed by atoms with Crippen molar-refractivity contribution in [1.29, 1.82) is 0 Å². The van der Waals surface area contributed by atoms with Crippen LogP contribution in [-0.2, 0) is 4.79 Å². The van der Waals surface area contributed by atoms with Gasteiger partial charge in [0.15, 0.2) is 0 Å². The van der Waals surface area contributed by atoms with Crippen molar-refractivity contribution in [2.24, 2.45) is 11.5 Å². The van der Waals surface area contributed by atoms with E-state index >= 15 is 0 Å². The molecule has 0 atom stereocenters. The summed E-state index contributed by atoms with van der Waals surface area (Å²) in [6.45, 7) is 7.48. The zero-order valence-corrected chi connectivity index (χ0v) is 7.71. The predicted molar refractivity (Wildman–Crippen MR) is 51.3 cm³/mol. The van der Waals surface area contributed by atoms with Gasteiger partial charge in [0.2, 0.25) is 5.91 Å². The Hall–Kier alpha value is -1.26. The maximum absolute atomic E-state index is 9.84. The van der Waals surface area contributed by atoms with Gasteiger partial charge in [-0.1, -0.05) is 13.8 Å². The van der Waals surface area contributed by atoms with Gasteiger partial charge in [-0.05, 0) is 12.8 Å². The summed E-state index contributed by atoms with van der Waals surface area (Å²) >= 11 is 0. The highest BCUT2D eigenvalue weighted by atomic mass is 16.2. The van der Waals surface area contributed by atoms with Gasteiger partial charge >= 0.3 is 6.03 Å². The Labute approximate surface area is 78.9 Å². The van der Waals surface area contributed by atoms with E-state index in [0.717, 1.165) is 0 Å². The minimum Gasteiger partial charge on any atom is -0.370 e. The molecule has 0 aromatic rings. The van der Waals surface area contributed by atoms with Gasteiger partial charge in [0, 0.05) is 13.0 Å². The van der Waals surface area contributed by atoms with Crippen LogP contribution in [0.4, 0.5) is 4.79 Å². The third kappa shape index (κ3) is 24.9. The quantitative estimate of drug-likeness (QED) is 0.575. The van der Waals surface area contributed by atoms with Crippen LogP contribution in [0.3, 0.4) is 0 Å². The Morgan fingerprint density at radius 3 is 1.77 bits per heavy atom. The van der Waals surface area contributed by atoms with Crippen molar-refractivity contribution in [3.8, 4) is 0 Å². The normalized spacial score (nSPS) is 8.15. The van der Waals surface area contributed by atoms with E-state index in [1.54, 1.807) is 0 Å². The van der Waals surface area contributed by atoms with Crippen molar-refractivity contribution in [3.63, 3.8) is 0 Å². The number of hydrogen-bond acceptors (Lipinski definition) is 2. The highest BCUT2D eigenvalue weighted by Crippen LogP contribution is 1.79. The van der Waals surface area contributed by atoms with E-state index in [1.165, 1.54) is 0 Å². The van der Waals surface area contributed by atoms with Crippen molar-refractivity contribution >= 4 is 11.9 Å². The summed E-state index contributed by atoms with van der Waals surface area (Å²) in [5.74, 6) is -0.273.